The van der Waals surface area contributed by atoms with Crippen LogP contribution in [0.3, 0.4) is 0 Å². The lowest BCUT2D eigenvalue weighted by Gasteiger charge is -2.30. The Hall–Kier alpha value is -7.98. The molecule has 78 heavy (non-hydrogen) atoms. The Bertz CT molecular complexity index is 2530. The van der Waals surface area contributed by atoms with Crippen molar-refractivity contribution in [1.29, 1.82) is 10.8 Å². The number of carbonyl (C=O) groups is 4. The molecule has 1 fully saturated rings. The Morgan fingerprint density at radius 3 is 1.58 bits per heavy atom. The Kier molecular flexibility index (Phi) is 34.0. The maximum atomic E-state index is 11.4. The summed E-state index contributed by atoms with van der Waals surface area (Å²) >= 11 is 0. The monoisotopic (exact) mass is 1050 g/mol. The van der Waals surface area contributed by atoms with E-state index < -0.39 is 11.9 Å². The van der Waals surface area contributed by atoms with Gasteiger partial charge in [-0.1, -0.05) is 212 Å². The second-order valence-electron chi connectivity index (χ2n) is 18.4. The molecule has 0 bridgehead atoms. The molecule has 0 spiro atoms. The van der Waals surface area contributed by atoms with Crippen molar-refractivity contribution in [3.05, 3.63) is 229 Å². The Labute approximate surface area is 465 Å². The fourth-order valence-corrected chi connectivity index (χ4v) is 8.45. The van der Waals surface area contributed by atoms with E-state index >= 15 is 0 Å². The summed E-state index contributed by atoms with van der Waals surface area (Å²) in [5.74, 6) is -0.313. The van der Waals surface area contributed by atoms with Crippen LogP contribution in [0.1, 0.15) is 101 Å². The molecule has 0 radical (unpaired) electrons. The SMILES string of the molecule is C1=CCCC=C1.C1=CCCC=C1.COC(=O)/C=C/[C@@H](/C=C/c1ccccc1)C1C=CCC=C1.COC(=O)/C=C1\CCCC[C@H]1C1C=CCC=C1.COC(=O)C(=N)/C=C/C=C/c1ccccc1.COC(=O)C(=N)C1=CCCCC1. The molecule has 6 aliphatic carbocycles. The first-order valence-electron chi connectivity index (χ1n) is 27.1. The molecule has 10 nitrogen and oxygen atoms in total. The van der Waals surface area contributed by atoms with E-state index in [9.17, 15) is 19.2 Å². The van der Waals surface area contributed by atoms with Gasteiger partial charge in [-0.3, -0.25) is 10.8 Å². The number of allylic oxidation sites excluding steroid dienone is 22. The average molecular weight is 1060 g/mol. The fraction of sp³-hybridized carbons (Fsp3) is 0.324. The van der Waals surface area contributed by atoms with Gasteiger partial charge in [-0.25, -0.2) is 19.2 Å². The molecule has 412 valence electrons. The van der Waals surface area contributed by atoms with Crippen LogP contribution in [0, 0.1) is 34.5 Å². The van der Waals surface area contributed by atoms with Crippen molar-refractivity contribution >= 4 is 47.5 Å². The van der Waals surface area contributed by atoms with Gasteiger partial charge in [0.2, 0.25) is 0 Å². The molecule has 0 aliphatic heterocycles. The topological polar surface area (TPSA) is 153 Å². The third kappa shape index (κ3) is 28.2. The number of carbonyl (C=O) groups excluding carboxylic acids is 4. The van der Waals surface area contributed by atoms with Crippen molar-refractivity contribution in [2.75, 3.05) is 28.4 Å². The van der Waals surface area contributed by atoms with E-state index in [1.165, 1.54) is 91.1 Å². The highest BCUT2D eigenvalue weighted by Gasteiger charge is 2.25. The third-order valence-corrected chi connectivity index (χ3v) is 12.7. The fourth-order valence-electron chi connectivity index (χ4n) is 8.45. The van der Waals surface area contributed by atoms with E-state index in [0.29, 0.717) is 11.8 Å². The van der Waals surface area contributed by atoms with E-state index in [2.05, 4.69) is 136 Å². The highest BCUT2D eigenvalue weighted by atomic mass is 16.5. The minimum atomic E-state index is -0.635. The van der Waals surface area contributed by atoms with Crippen LogP contribution < -0.4 is 0 Å². The van der Waals surface area contributed by atoms with Crippen molar-refractivity contribution in [3.8, 4) is 0 Å². The maximum absolute atomic E-state index is 11.4. The van der Waals surface area contributed by atoms with Crippen LogP contribution in [0.15, 0.2) is 218 Å². The van der Waals surface area contributed by atoms with Crippen LogP contribution in [-0.4, -0.2) is 63.7 Å². The van der Waals surface area contributed by atoms with Crippen LogP contribution in [0.25, 0.3) is 12.2 Å². The van der Waals surface area contributed by atoms with E-state index in [1.807, 2.05) is 66.8 Å². The minimum Gasteiger partial charge on any atom is -0.466 e. The van der Waals surface area contributed by atoms with E-state index in [4.69, 9.17) is 15.6 Å². The molecule has 2 aromatic carbocycles. The van der Waals surface area contributed by atoms with Crippen molar-refractivity contribution < 1.29 is 38.1 Å². The van der Waals surface area contributed by atoms with Crippen LogP contribution in [0.2, 0.25) is 0 Å². The van der Waals surface area contributed by atoms with Gasteiger partial charge in [0.05, 0.1) is 28.4 Å². The normalized spacial score (nSPS) is 18.1. The van der Waals surface area contributed by atoms with Gasteiger partial charge in [0.25, 0.3) is 0 Å². The summed E-state index contributed by atoms with van der Waals surface area (Å²) in [5.41, 5.74) is 4.18. The zero-order valence-corrected chi connectivity index (χ0v) is 46.3. The minimum absolute atomic E-state index is 0.0252. The molecule has 2 aromatic rings. The Morgan fingerprint density at radius 2 is 1.08 bits per heavy atom. The number of methoxy groups -OCH3 is 4. The molecule has 1 saturated carbocycles. The standard InChI is InChI=1S/C19H20O2.C15H20O2.C13H13NO2.C9H13NO2.2C6H8/c1-21-19(20)15-14-18(17-10-6-3-7-11-17)13-12-16-8-4-2-5-9-16;1-17-15(16)11-13-9-5-6-10-14(13)12-7-3-2-4-8-12;1-16-13(15)12(14)10-6-5-9-11-7-3-2-4-8-11;1-12-9(11)8(10)7-5-3-2-4-6-7;2*1-2-4-6-5-3-1/h2,4-15,17-18H,3H2,1H3;3-4,7-8,11-12,14H,2,5-6,9-10H2,1H3;2-10,14H,1H3;5,10H,2-4,6H2,1H3;2*1-4H,5-6H2/b13-12+,15-14+;13-11+;9-5+,10-6+,14-12?;;;/t18-;14-;;;;/m10..../s1. The molecule has 0 saturated heterocycles. The smallest absolute Gasteiger partial charge is 0.356 e. The molecule has 0 unspecified atom stereocenters. The van der Waals surface area contributed by atoms with Gasteiger partial charge in [-0.15, -0.1) is 0 Å². The van der Waals surface area contributed by atoms with E-state index in [0.717, 1.165) is 61.6 Å². The molecule has 8 rings (SSSR count). The molecule has 10 heteroatoms. The second kappa shape index (κ2) is 41.2. The van der Waals surface area contributed by atoms with Crippen LogP contribution >= 0.6 is 0 Å². The molecule has 6 aliphatic rings. The summed E-state index contributed by atoms with van der Waals surface area (Å²) < 4.78 is 18.3. The molecule has 2 atom stereocenters. The molecular weight excluding hydrogens is 973 g/mol. The first-order chi connectivity index (χ1) is 38.1. The average Bonchev–Trinajstić information content (AvgIpc) is 3.52. The van der Waals surface area contributed by atoms with Crippen LogP contribution in [0.5, 0.6) is 0 Å². The van der Waals surface area contributed by atoms with Crippen LogP contribution in [-0.2, 0) is 38.1 Å². The first kappa shape index (κ1) is 64.3. The number of hydrogen-bond donors (Lipinski definition) is 2. The molecular formula is C68H82N2O8. The van der Waals surface area contributed by atoms with Gasteiger partial charge < -0.3 is 18.9 Å². The lowest BCUT2D eigenvalue weighted by atomic mass is 9.75. The van der Waals surface area contributed by atoms with Gasteiger partial charge in [0, 0.05) is 29.9 Å². The molecule has 2 N–H and O–H groups in total. The zero-order valence-electron chi connectivity index (χ0n) is 46.3. The number of benzene rings is 2. The summed E-state index contributed by atoms with van der Waals surface area (Å²) in [6.07, 6.45) is 68.4. The maximum Gasteiger partial charge on any atom is 0.356 e. The zero-order chi connectivity index (χ0) is 56.3. The number of esters is 4. The second-order valence-corrected chi connectivity index (χ2v) is 18.4. The molecule has 0 heterocycles. The molecule has 0 amide bonds. The van der Waals surface area contributed by atoms with Crippen molar-refractivity contribution in [3.63, 3.8) is 0 Å². The lowest BCUT2D eigenvalue weighted by molar-refractivity contribution is -0.135. The van der Waals surface area contributed by atoms with Gasteiger partial charge in [-0.05, 0) is 112 Å². The lowest BCUT2D eigenvalue weighted by Crippen LogP contribution is -2.19. The van der Waals surface area contributed by atoms with Gasteiger partial charge >= 0.3 is 23.9 Å². The highest BCUT2D eigenvalue weighted by Crippen LogP contribution is 2.37. The van der Waals surface area contributed by atoms with E-state index in [1.54, 1.807) is 18.2 Å². The predicted molar refractivity (Wildman–Crippen MR) is 321 cm³/mol. The number of hydrogen-bond acceptors (Lipinski definition) is 10. The summed E-state index contributed by atoms with van der Waals surface area (Å²) in [7, 11) is 5.39. The van der Waals surface area contributed by atoms with Gasteiger partial charge in [0.15, 0.2) is 0 Å². The van der Waals surface area contributed by atoms with Crippen molar-refractivity contribution in [1.82, 2.24) is 0 Å². The summed E-state index contributed by atoms with van der Waals surface area (Å²) in [4.78, 5) is 44.5. The van der Waals surface area contributed by atoms with E-state index in [-0.39, 0.29) is 35.2 Å². The number of ether oxygens (including phenoxy) is 4. The first-order valence-corrected chi connectivity index (χ1v) is 27.1. The number of rotatable bonds is 13. The van der Waals surface area contributed by atoms with Gasteiger partial charge in [0.1, 0.15) is 11.4 Å². The predicted octanol–water partition coefficient (Wildman–Crippen LogP) is 15.5. The summed E-state index contributed by atoms with van der Waals surface area (Å²) in [6, 6.07) is 19.9. The third-order valence-electron chi connectivity index (χ3n) is 12.7. The van der Waals surface area contributed by atoms with Crippen molar-refractivity contribution in [2.24, 2.45) is 23.7 Å². The molecule has 0 aromatic heterocycles. The van der Waals surface area contributed by atoms with Gasteiger partial charge in [-0.2, -0.15) is 0 Å². The number of nitrogens with one attached hydrogen (secondary N) is 2. The highest BCUT2D eigenvalue weighted by molar-refractivity contribution is 6.41. The Morgan fingerprint density at radius 1 is 0.538 bits per heavy atom. The van der Waals surface area contributed by atoms with Crippen molar-refractivity contribution in [2.45, 2.75) is 89.9 Å². The summed E-state index contributed by atoms with van der Waals surface area (Å²) in [6.45, 7) is 0. The largest absolute Gasteiger partial charge is 0.466 e. The quantitative estimate of drug-likeness (QED) is 0.0502. The summed E-state index contributed by atoms with van der Waals surface area (Å²) in [5, 5.41) is 14.7. The van der Waals surface area contributed by atoms with Crippen LogP contribution in [0.4, 0.5) is 0 Å². The Balaban J connectivity index is 0.000000258.